The molecule has 2 rings (SSSR count). The van der Waals surface area contributed by atoms with E-state index in [4.69, 9.17) is 0 Å². The highest BCUT2D eigenvalue weighted by Gasteiger charge is 2.14. The number of aromatic nitrogens is 2. The fraction of sp³-hybridized carbons (Fsp3) is 0.389. The second-order valence-corrected chi connectivity index (χ2v) is 5.58. The van der Waals surface area contributed by atoms with E-state index in [1.807, 2.05) is 38.1 Å². The van der Waals surface area contributed by atoms with Crippen molar-refractivity contribution in [1.29, 1.82) is 0 Å². The molecule has 0 fully saturated rings. The van der Waals surface area contributed by atoms with Crippen molar-refractivity contribution < 1.29 is 4.79 Å². The van der Waals surface area contributed by atoms with Crippen molar-refractivity contribution >= 4 is 17.5 Å². The summed E-state index contributed by atoms with van der Waals surface area (Å²) in [4.78, 5) is 12.0. The third-order valence-corrected chi connectivity index (χ3v) is 3.94. The van der Waals surface area contributed by atoms with Gasteiger partial charge in [-0.25, -0.2) is 0 Å². The summed E-state index contributed by atoms with van der Waals surface area (Å²) >= 11 is 0. The Labute approximate surface area is 137 Å². The van der Waals surface area contributed by atoms with Crippen LogP contribution in [0.25, 0.3) is 0 Å². The van der Waals surface area contributed by atoms with E-state index in [0.29, 0.717) is 11.6 Å². The number of anilines is 2. The Bertz CT molecular complexity index is 609. The van der Waals surface area contributed by atoms with Crippen LogP contribution < -0.4 is 10.6 Å². The van der Waals surface area contributed by atoms with E-state index in [1.54, 1.807) is 6.07 Å². The van der Waals surface area contributed by atoms with Crippen LogP contribution in [0.15, 0.2) is 42.5 Å². The molecular formula is C18H24N4O. The monoisotopic (exact) mass is 312 g/mol. The van der Waals surface area contributed by atoms with Crippen LogP contribution in [0.4, 0.5) is 11.6 Å². The van der Waals surface area contributed by atoms with Crippen LogP contribution in [-0.4, -0.2) is 16.1 Å². The molecule has 1 aromatic carbocycles. The third kappa shape index (κ3) is 4.77. The molecule has 0 radical (unpaired) electrons. The van der Waals surface area contributed by atoms with Crippen molar-refractivity contribution in [3.05, 3.63) is 48.0 Å². The van der Waals surface area contributed by atoms with Crippen molar-refractivity contribution in [2.45, 2.75) is 39.7 Å². The minimum absolute atomic E-state index is 0.00247. The summed E-state index contributed by atoms with van der Waals surface area (Å²) in [5, 5.41) is 14.3. The van der Waals surface area contributed by atoms with Gasteiger partial charge in [-0.3, -0.25) is 4.79 Å². The lowest BCUT2D eigenvalue weighted by molar-refractivity contribution is -0.120. The summed E-state index contributed by atoms with van der Waals surface area (Å²) < 4.78 is 0. The van der Waals surface area contributed by atoms with E-state index >= 15 is 0 Å². The average molecular weight is 312 g/mol. The molecule has 0 saturated carbocycles. The second kappa shape index (κ2) is 8.27. The first-order valence-electron chi connectivity index (χ1n) is 8.10. The van der Waals surface area contributed by atoms with Crippen molar-refractivity contribution in [3.8, 4) is 0 Å². The Hall–Kier alpha value is -2.43. The Morgan fingerprint density at radius 3 is 2.17 bits per heavy atom. The van der Waals surface area contributed by atoms with Crippen molar-refractivity contribution in [1.82, 2.24) is 10.2 Å². The van der Waals surface area contributed by atoms with E-state index in [0.717, 1.165) is 12.8 Å². The minimum Gasteiger partial charge on any atom is -0.362 e. The van der Waals surface area contributed by atoms with E-state index in [9.17, 15) is 4.79 Å². The van der Waals surface area contributed by atoms with Gasteiger partial charge in [-0.05, 0) is 37.5 Å². The topological polar surface area (TPSA) is 66.9 Å². The normalized spacial score (nSPS) is 12.0. The lowest BCUT2D eigenvalue weighted by Crippen LogP contribution is -2.22. The lowest BCUT2D eigenvalue weighted by atomic mass is 10.0. The Kier molecular flexibility index (Phi) is 6.09. The largest absolute Gasteiger partial charge is 0.362 e. The van der Waals surface area contributed by atoms with Crippen molar-refractivity contribution in [2.24, 2.45) is 5.92 Å². The molecule has 122 valence electrons. The maximum Gasteiger partial charge on any atom is 0.228 e. The van der Waals surface area contributed by atoms with E-state index in [-0.39, 0.29) is 17.9 Å². The number of nitrogens with one attached hydrogen (secondary N) is 2. The van der Waals surface area contributed by atoms with Crippen molar-refractivity contribution in [3.63, 3.8) is 0 Å². The molecule has 1 amide bonds. The number of carbonyl (C=O) groups excluding carboxylic acids is 1. The van der Waals surface area contributed by atoms with Crippen molar-refractivity contribution in [2.75, 3.05) is 10.6 Å². The summed E-state index contributed by atoms with van der Waals surface area (Å²) in [6.45, 7) is 6.09. The van der Waals surface area contributed by atoms with Gasteiger partial charge in [0.25, 0.3) is 0 Å². The number of nitrogens with zero attached hydrogens (tertiary/aromatic N) is 2. The second-order valence-electron chi connectivity index (χ2n) is 5.58. The molecule has 1 aromatic heterocycles. The van der Waals surface area contributed by atoms with Gasteiger partial charge in [-0.15, -0.1) is 10.2 Å². The van der Waals surface area contributed by atoms with E-state index in [2.05, 4.69) is 39.9 Å². The molecule has 0 saturated heterocycles. The predicted octanol–water partition coefficient (Wildman–Crippen LogP) is 4.02. The first-order valence-corrected chi connectivity index (χ1v) is 8.10. The molecule has 5 heteroatoms. The van der Waals surface area contributed by atoms with Gasteiger partial charge >= 0.3 is 0 Å². The molecule has 0 bridgehead atoms. The number of amides is 1. The van der Waals surface area contributed by atoms with Crippen LogP contribution in [-0.2, 0) is 4.79 Å². The average Bonchev–Trinajstić information content (AvgIpc) is 2.58. The fourth-order valence-corrected chi connectivity index (χ4v) is 2.41. The van der Waals surface area contributed by atoms with Gasteiger partial charge in [0.05, 0.1) is 0 Å². The number of hydrogen-bond acceptors (Lipinski definition) is 4. The third-order valence-electron chi connectivity index (χ3n) is 3.94. The predicted molar refractivity (Wildman–Crippen MR) is 93.2 cm³/mol. The van der Waals surface area contributed by atoms with Crippen LogP contribution in [0, 0.1) is 5.92 Å². The highest BCUT2D eigenvalue weighted by Crippen LogP contribution is 2.18. The minimum atomic E-state index is 0.00247. The molecule has 1 unspecified atom stereocenters. The number of benzene rings is 1. The zero-order valence-corrected chi connectivity index (χ0v) is 13.9. The van der Waals surface area contributed by atoms with Crippen LogP contribution in [0.3, 0.4) is 0 Å². The maximum atomic E-state index is 12.0. The lowest BCUT2D eigenvalue weighted by Gasteiger charge is -2.15. The maximum absolute atomic E-state index is 12.0. The van der Waals surface area contributed by atoms with Gasteiger partial charge < -0.3 is 10.6 Å². The summed E-state index contributed by atoms with van der Waals surface area (Å²) in [6.07, 6.45) is 1.65. The Balaban J connectivity index is 1.96. The van der Waals surface area contributed by atoms with Crippen LogP contribution in [0.1, 0.15) is 45.2 Å². The Morgan fingerprint density at radius 1 is 1.00 bits per heavy atom. The SMILES string of the molecule is CCC(CC)C(=O)Nc1ccc(NC(C)c2ccccc2)nn1. The summed E-state index contributed by atoms with van der Waals surface area (Å²) in [5.41, 5.74) is 1.18. The molecule has 1 heterocycles. The molecule has 0 spiro atoms. The van der Waals surface area contributed by atoms with Crippen LogP contribution in [0.2, 0.25) is 0 Å². The molecule has 2 aromatic rings. The molecule has 0 aliphatic heterocycles. The van der Waals surface area contributed by atoms with Crippen LogP contribution in [0.5, 0.6) is 0 Å². The summed E-state index contributed by atoms with van der Waals surface area (Å²) in [7, 11) is 0. The van der Waals surface area contributed by atoms with Crippen LogP contribution >= 0.6 is 0 Å². The highest BCUT2D eigenvalue weighted by atomic mass is 16.1. The smallest absolute Gasteiger partial charge is 0.228 e. The molecular weight excluding hydrogens is 288 g/mol. The van der Waals surface area contributed by atoms with E-state index < -0.39 is 0 Å². The number of rotatable bonds is 7. The summed E-state index contributed by atoms with van der Waals surface area (Å²) in [6, 6.07) is 13.9. The first-order chi connectivity index (χ1) is 11.1. The van der Waals surface area contributed by atoms with Gasteiger partial charge in [-0.2, -0.15) is 0 Å². The molecule has 0 aliphatic carbocycles. The molecule has 2 N–H and O–H groups in total. The van der Waals surface area contributed by atoms with Gasteiger partial charge in [0.15, 0.2) is 5.82 Å². The number of carbonyl (C=O) groups is 1. The zero-order valence-electron chi connectivity index (χ0n) is 13.9. The summed E-state index contributed by atoms with van der Waals surface area (Å²) in [5.74, 6) is 1.19. The Morgan fingerprint density at radius 2 is 1.61 bits per heavy atom. The molecule has 5 nitrogen and oxygen atoms in total. The van der Waals surface area contributed by atoms with Gasteiger partial charge in [0.2, 0.25) is 5.91 Å². The van der Waals surface area contributed by atoms with E-state index in [1.165, 1.54) is 5.56 Å². The van der Waals surface area contributed by atoms with Gasteiger partial charge in [0, 0.05) is 12.0 Å². The standard InChI is InChI=1S/C18H24N4O/c1-4-14(5-2)18(23)20-17-12-11-16(21-22-17)19-13(3)15-9-7-6-8-10-15/h6-14H,4-5H2,1-3H3,(H,19,21)(H,20,22,23). The molecule has 0 aliphatic rings. The first kappa shape index (κ1) is 16.9. The molecule has 23 heavy (non-hydrogen) atoms. The number of hydrogen-bond donors (Lipinski definition) is 2. The van der Waals surface area contributed by atoms with Gasteiger partial charge in [0.1, 0.15) is 5.82 Å². The quantitative estimate of drug-likeness (QED) is 0.810. The molecule has 1 atom stereocenters. The zero-order chi connectivity index (χ0) is 16.7. The fourth-order valence-electron chi connectivity index (χ4n) is 2.41. The highest BCUT2D eigenvalue weighted by molar-refractivity contribution is 5.91. The van der Waals surface area contributed by atoms with Gasteiger partial charge in [-0.1, -0.05) is 44.2 Å².